The third-order valence-electron chi connectivity index (χ3n) is 3.86. The molecule has 3 rings (SSSR count). The number of benzene rings is 2. The van der Waals surface area contributed by atoms with E-state index in [9.17, 15) is 15.0 Å². The number of carboxylic acids is 1. The fourth-order valence-electron chi connectivity index (χ4n) is 2.53. The van der Waals surface area contributed by atoms with Gasteiger partial charge in [-0.25, -0.2) is 0 Å². The van der Waals surface area contributed by atoms with Gasteiger partial charge in [-0.15, -0.1) is 0 Å². The molecule has 1 aliphatic rings. The molecular weight excluding hydrogens is 228 g/mol. The monoisotopic (exact) mass is 242 g/mol. The normalized spacial score (nSPS) is 18.5. The first kappa shape index (κ1) is 11.2. The van der Waals surface area contributed by atoms with Crippen molar-refractivity contribution in [1.29, 1.82) is 0 Å². The van der Waals surface area contributed by atoms with Gasteiger partial charge in [0.05, 0.1) is 11.5 Å². The number of fused-ring (bicyclic) bond motifs is 1. The van der Waals surface area contributed by atoms with Crippen molar-refractivity contribution in [1.82, 2.24) is 0 Å². The number of hydrogen-bond acceptors (Lipinski definition) is 2. The first-order valence-electron chi connectivity index (χ1n) is 6.04. The lowest BCUT2D eigenvalue weighted by Gasteiger charge is -2.20. The summed E-state index contributed by atoms with van der Waals surface area (Å²) in [4.78, 5) is 11.3. The smallest absolute Gasteiger partial charge is 0.312 e. The Balaban J connectivity index is 2.12. The van der Waals surface area contributed by atoms with Crippen molar-refractivity contribution in [2.24, 2.45) is 5.41 Å². The third kappa shape index (κ3) is 1.51. The van der Waals surface area contributed by atoms with Gasteiger partial charge in [-0.1, -0.05) is 42.5 Å². The maximum Gasteiger partial charge on any atom is 0.312 e. The summed E-state index contributed by atoms with van der Waals surface area (Å²) in [6.45, 7) is 0. The molecule has 3 nitrogen and oxygen atoms in total. The minimum absolute atomic E-state index is 0.548. The van der Waals surface area contributed by atoms with Gasteiger partial charge in [-0.2, -0.15) is 0 Å². The van der Waals surface area contributed by atoms with E-state index in [1.165, 1.54) is 0 Å². The molecule has 0 aliphatic heterocycles. The largest absolute Gasteiger partial charge is 0.481 e. The second kappa shape index (κ2) is 3.82. The summed E-state index contributed by atoms with van der Waals surface area (Å²) in [5.41, 5.74) is -0.252. The second-order valence-corrected chi connectivity index (χ2v) is 4.93. The van der Waals surface area contributed by atoms with E-state index < -0.39 is 17.5 Å². The van der Waals surface area contributed by atoms with E-state index in [4.69, 9.17) is 0 Å². The molecule has 0 aromatic heterocycles. The van der Waals surface area contributed by atoms with E-state index in [0.29, 0.717) is 18.4 Å². The number of carboxylic acid groups (broad SMARTS) is 1. The van der Waals surface area contributed by atoms with Crippen LogP contribution in [0.3, 0.4) is 0 Å². The number of aliphatic carboxylic acids is 1. The van der Waals surface area contributed by atoms with Crippen molar-refractivity contribution < 1.29 is 15.0 Å². The first-order chi connectivity index (χ1) is 8.65. The van der Waals surface area contributed by atoms with Crippen LogP contribution in [0.25, 0.3) is 10.8 Å². The minimum Gasteiger partial charge on any atom is -0.481 e. The maximum atomic E-state index is 11.3. The van der Waals surface area contributed by atoms with E-state index in [0.717, 1.165) is 10.8 Å². The molecule has 1 fully saturated rings. The van der Waals surface area contributed by atoms with Gasteiger partial charge < -0.3 is 10.2 Å². The van der Waals surface area contributed by atoms with Gasteiger partial charge in [0.1, 0.15) is 0 Å². The Labute approximate surface area is 105 Å². The van der Waals surface area contributed by atoms with E-state index in [2.05, 4.69) is 0 Å². The zero-order valence-electron chi connectivity index (χ0n) is 9.84. The Bertz CT molecular complexity index is 609. The standard InChI is InChI=1S/C15H14O3/c16-13(15(8-9-15)14(17)18)12-7-3-5-10-4-1-2-6-11(10)12/h1-7,13,16H,8-9H2,(H,17,18). The Morgan fingerprint density at radius 2 is 1.78 bits per heavy atom. The van der Waals surface area contributed by atoms with E-state index >= 15 is 0 Å². The molecule has 92 valence electrons. The average Bonchev–Trinajstić information content (AvgIpc) is 3.19. The van der Waals surface area contributed by atoms with Gasteiger partial charge in [0.15, 0.2) is 0 Å². The lowest BCUT2D eigenvalue weighted by Crippen LogP contribution is -2.23. The van der Waals surface area contributed by atoms with Gasteiger partial charge in [0.2, 0.25) is 0 Å². The van der Waals surface area contributed by atoms with Crippen molar-refractivity contribution in [2.75, 3.05) is 0 Å². The van der Waals surface area contributed by atoms with E-state index in [-0.39, 0.29) is 0 Å². The summed E-state index contributed by atoms with van der Waals surface area (Å²) < 4.78 is 0. The van der Waals surface area contributed by atoms with Crippen LogP contribution in [-0.2, 0) is 4.79 Å². The van der Waals surface area contributed by atoms with E-state index in [1.54, 1.807) is 0 Å². The zero-order chi connectivity index (χ0) is 12.8. The Kier molecular flexibility index (Phi) is 2.38. The summed E-state index contributed by atoms with van der Waals surface area (Å²) in [5, 5.41) is 21.6. The number of rotatable bonds is 3. The molecule has 0 heterocycles. The van der Waals surface area contributed by atoms with Crippen LogP contribution < -0.4 is 0 Å². The highest BCUT2D eigenvalue weighted by molar-refractivity contribution is 5.87. The fraction of sp³-hybridized carbons (Fsp3) is 0.267. The molecule has 2 N–H and O–H groups in total. The van der Waals surface area contributed by atoms with Crippen molar-refractivity contribution >= 4 is 16.7 Å². The molecule has 0 radical (unpaired) electrons. The number of aliphatic hydroxyl groups excluding tert-OH is 1. The quantitative estimate of drug-likeness (QED) is 0.870. The summed E-state index contributed by atoms with van der Waals surface area (Å²) in [5.74, 6) is -0.900. The molecule has 1 aliphatic carbocycles. The number of hydrogen-bond donors (Lipinski definition) is 2. The summed E-state index contributed by atoms with van der Waals surface area (Å²) in [6, 6.07) is 13.4. The van der Waals surface area contributed by atoms with Crippen LogP contribution in [0, 0.1) is 5.41 Å². The maximum absolute atomic E-state index is 11.3. The molecule has 0 amide bonds. The fourth-order valence-corrected chi connectivity index (χ4v) is 2.53. The molecule has 2 aromatic carbocycles. The number of aliphatic hydroxyl groups is 1. The summed E-state index contributed by atoms with van der Waals surface area (Å²) >= 11 is 0. The third-order valence-corrected chi connectivity index (χ3v) is 3.86. The van der Waals surface area contributed by atoms with Crippen LogP contribution >= 0.6 is 0 Å². The van der Waals surface area contributed by atoms with Crippen LogP contribution in [-0.4, -0.2) is 16.2 Å². The Hall–Kier alpha value is -1.87. The second-order valence-electron chi connectivity index (χ2n) is 4.93. The first-order valence-corrected chi connectivity index (χ1v) is 6.04. The predicted octanol–water partition coefficient (Wildman–Crippen LogP) is 2.74. The predicted molar refractivity (Wildman–Crippen MR) is 68.2 cm³/mol. The molecule has 1 atom stereocenters. The van der Waals surface area contributed by atoms with E-state index in [1.807, 2.05) is 42.5 Å². The lowest BCUT2D eigenvalue weighted by molar-refractivity contribution is -0.148. The summed E-state index contributed by atoms with van der Waals surface area (Å²) in [7, 11) is 0. The van der Waals surface area contributed by atoms with Crippen LogP contribution in [0.2, 0.25) is 0 Å². The van der Waals surface area contributed by atoms with Gasteiger partial charge >= 0.3 is 5.97 Å². The Morgan fingerprint density at radius 1 is 1.11 bits per heavy atom. The molecule has 18 heavy (non-hydrogen) atoms. The van der Waals surface area contributed by atoms with Crippen LogP contribution in [0.15, 0.2) is 42.5 Å². The highest BCUT2D eigenvalue weighted by Gasteiger charge is 2.56. The van der Waals surface area contributed by atoms with Crippen molar-refractivity contribution in [3.05, 3.63) is 48.0 Å². The average molecular weight is 242 g/mol. The topological polar surface area (TPSA) is 57.5 Å². The number of carbonyl (C=O) groups is 1. The van der Waals surface area contributed by atoms with Crippen LogP contribution in [0.1, 0.15) is 24.5 Å². The highest BCUT2D eigenvalue weighted by atomic mass is 16.4. The molecular formula is C15H14O3. The molecule has 2 aromatic rings. The van der Waals surface area contributed by atoms with Crippen molar-refractivity contribution in [3.8, 4) is 0 Å². The van der Waals surface area contributed by atoms with Crippen molar-refractivity contribution in [2.45, 2.75) is 18.9 Å². The SMILES string of the molecule is O=C(O)C1(C(O)c2cccc3ccccc23)CC1. The lowest BCUT2D eigenvalue weighted by atomic mass is 9.89. The molecule has 1 saturated carbocycles. The minimum atomic E-state index is -0.968. The van der Waals surface area contributed by atoms with Crippen LogP contribution in [0.5, 0.6) is 0 Å². The Morgan fingerprint density at radius 3 is 2.44 bits per heavy atom. The molecule has 3 heteroatoms. The van der Waals surface area contributed by atoms with Gasteiger partial charge in [-0.05, 0) is 29.2 Å². The van der Waals surface area contributed by atoms with Gasteiger partial charge in [0, 0.05) is 0 Å². The molecule has 0 saturated heterocycles. The van der Waals surface area contributed by atoms with Crippen LogP contribution in [0.4, 0.5) is 0 Å². The van der Waals surface area contributed by atoms with Crippen molar-refractivity contribution in [3.63, 3.8) is 0 Å². The van der Waals surface area contributed by atoms with Gasteiger partial charge in [0.25, 0.3) is 0 Å². The molecule has 0 bridgehead atoms. The molecule has 0 spiro atoms. The van der Waals surface area contributed by atoms with Gasteiger partial charge in [-0.3, -0.25) is 4.79 Å². The zero-order valence-corrected chi connectivity index (χ0v) is 9.84. The highest BCUT2D eigenvalue weighted by Crippen LogP contribution is 2.55. The molecule has 1 unspecified atom stereocenters. The summed E-state index contributed by atoms with van der Waals surface area (Å²) in [6.07, 6.45) is 0.167.